The Morgan fingerprint density at radius 2 is 1.07 bits per heavy atom. The van der Waals surface area contributed by atoms with Gasteiger partial charge in [0.1, 0.15) is 13.2 Å². The van der Waals surface area contributed by atoms with Gasteiger partial charge in [-0.25, -0.2) is 0 Å². The summed E-state index contributed by atoms with van der Waals surface area (Å²) in [4.78, 5) is 11.9. The van der Waals surface area contributed by atoms with Gasteiger partial charge in [0.05, 0.1) is 20.6 Å². The van der Waals surface area contributed by atoms with E-state index in [2.05, 4.69) is 27.9 Å². The summed E-state index contributed by atoms with van der Waals surface area (Å²) in [7, 11) is 4.50. The van der Waals surface area contributed by atoms with Gasteiger partial charge in [-0.3, -0.25) is 4.79 Å². The smallest absolute Gasteiger partial charge is 0.305 e. The third kappa shape index (κ3) is 22.2. The number of unbranched alkanes of at least 4 members (excludes halogenated alkanes) is 13. The average molecular weight is 465 g/mol. The first-order chi connectivity index (χ1) is 13.0. The van der Waals surface area contributed by atoms with Crippen LogP contribution in [-0.2, 0) is 9.53 Å². The Balaban J connectivity index is 0. The van der Waals surface area contributed by atoms with Crippen LogP contribution in [0.2, 0.25) is 0 Å². The molecular weight excluding hydrogens is 414 g/mol. The van der Waals surface area contributed by atoms with Gasteiger partial charge in [0.2, 0.25) is 0 Å². The molecule has 0 aliphatic heterocycles. The van der Waals surface area contributed by atoms with Crippen LogP contribution in [0.1, 0.15) is 117 Å². The van der Waals surface area contributed by atoms with Crippen LogP contribution in [0.5, 0.6) is 0 Å². The second kappa shape index (κ2) is 21.6. The van der Waals surface area contributed by atoms with Crippen LogP contribution in [0.25, 0.3) is 0 Å². The van der Waals surface area contributed by atoms with Crippen LogP contribution < -0.4 is 17.0 Å². The van der Waals surface area contributed by atoms with Gasteiger partial charge in [-0.2, -0.15) is 0 Å². The molecule has 0 aromatic carbocycles. The first-order valence-electron chi connectivity index (χ1n) is 12.0. The maximum atomic E-state index is 11.9. The number of carbonyl (C=O) groups is 1. The van der Waals surface area contributed by atoms with Crippen molar-refractivity contribution < 1.29 is 31.0 Å². The fraction of sp³-hybridized carbons (Fsp3) is 0.958. The zero-order valence-electron chi connectivity index (χ0n) is 19.6. The highest BCUT2D eigenvalue weighted by molar-refractivity contribution is 5.69. The van der Waals surface area contributed by atoms with E-state index in [9.17, 15) is 4.79 Å². The van der Waals surface area contributed by atoms with Gasteiger partial charge in [0, 0.05) is 6.42 Å². The number of rotatable bonds is 20. The van der Waals surface area contributed by atoms with Crippen molar-refractivity contribution in [2.45, 2.75) is 117 Å². The lowest BCUT2D eigenvalue weighted by atomic mass is 10.1. The molecule has 0 aliphatic rings. The van der Waals surface area contributed by atoms with Gasteiger partial charge in [-0.05, 0) is 19.3 Å². The molecular formula is C24H50BrNO2. The molecule has 0 aromatic rings. The Morgan fingerprint density at radius 1 is 0.643 bits per heavy atom. The van der Waals surface area contributed by atoms with E-state index >= 15 is 0 Å². The van der Waals surface area contributed by atoms with Crippen molar-refractivity contribution in [3.63, 3.8) is 0 Å². The number of quaternary nitrogens is 1. The van der Waals surface area contributed by atoms with E-state index in [1.54, 1.807) is 0 Å². The summed E-state index contributed by atoms with van der Waals surface area (Å²) in [5, 5.41) is 0. The van der Waals surface area contributed by atoms with Gasteiger partial charge in [0.15, 0.2) is 0 Å². The summed E-state index contributed by atoms with van der Waals surface area (Å²) in [6.45, 7) is 7.20. The number of nitrogens with zero attached hydrogens (tertiary/aromatic N) is 1. The minimum Gasteiger partial charge on any atom is -1.00 e. The first-order valence-corrected chi connectivity index (χ1v) is 12.0. The largest absolute Gasteiger partial charge is 1.00 e. The predicted octanol–water partition coefficient (Wildman–Crippen LogP) is 3.89. The summed E-state index contributed by atoms with van der Waals surface area (Å²) in [5.41, 5.74) is 0. The molecule has 0 aliphatic carbocycles. The van der Waals surface area contributed by atoms with Crippen molar-refractivity contribution >= 4 is 5.97 Å². The lowest BCUT2D eigenvalue weighted by molar-refractivity contribution is -0.890. The monoisotopic (exact) mass is 463 g/mol. The molecule has 4 heteroatoms. The zero-order valence-corrected chi connectivity index (χ0v) is 21.2. The highest BCUT2D eigenvalue weighted by atomic mass is 79.9. The molecule has 0 aromatic heterocycles. The van der Waals surface area contributed by atoms with E-state index in [1.807, 2.05) is 0 Å². The molecule has 0 heterocycles. The molecule has 0 saturated heterocycles. The van der Waals surface area contributed by atoms with Crippen LogP contribution in [0.15, 0.2) is 0 Å². The van der Waals surface area contributed by atoms with E-state index in [0.29, 0.717) is 13.0 Å². The molecule has 0 saturated carbocycles. The van der Waals surface area contributed by atoms with Crippen molar-refractivity contribution in [1.82, 2.24) is 0 Å². The maximum Gasteiger partial charge on any atom is 0.305 e. The molecule has 0 N–H and O–H groups in total. The third-order valence-corrected chi connectivity index (χ3v) is 5.56. The molecule has 0 unspecified atom stereocenters. The van der Waals surface area contributed by atoms with E-state index in [0.717, 1.165) is 17.4 Å². The standard InChI is InChI=1S/C24H50NO2.BrH/c1-5-7-9-11-13-14-15-16-18-20-24(26)27-23-22-25(3,4)21-19-17-12-10-8-6-2;/h5-23H2,1-4H3;1H/q+1;/p-1. The highest BCUT2D eigenvalue weighted by Crippen LogP contribution is 2.11. The van der Waals surface area contributed by atoms with E-state index in [1.165, 1.54) is 96.4 Å². The Bertz CT molecular complexity index is 335. The quantitative estimate of drug-likeness (QED) is 0.155. The van der Waals surface area contributed by atoms with Crippen molar-refractivity contribution in [1.29, 1.82) is 0 Å². The van der Waals surface area contributed by atoms with Gasteiger partial charge in [-0.1, -0.05) is 90.9 Å². The SMILES string of the molecule is CCCCCCCCCCCC(=O)OCC[N+](C)(C)CCCCCCCC.[Br-]. The summed E-state index contributed by atoms with van der Waals surface area (Å²) in [6, 6.07) is 0. The fourth-order valence-electron chi connectivity index (χ4n) is 3.49. The van der Waals surface area contributed by atoms with Crippen LogP contribution in [0, 0.1) is 0 Å². The van der Waals surface area contributed by atoms with E-state index in [-0.39, 0.29) is 23.0 Å². The van der Waals surface area contributed by atoms with Gasteiger partial charge in [0.25, 0.3) is 0 Å². The van der Waals surface area contributed by atoms with Crippen molar-refractivity contribution in [2.24, 2.45) is 0 Å². The normalized spacial score (nSPS) is 11.3. The topological polar surface area (TPSA) is 26.3 Å². The number of halogens is 1. The molecule has 0 rings (SSSR count). The number of esters is 1. The molecule has 0 amide bonds. The van der Waals surface area contributed by atoms with E-state index < -0.39 is 0 Å². The Hall–Kier alpha value is -0.0900. The number of carbonyl (C=O) groups excluding carboxylic acids is 1. The molecule has 0 fully saturated rings. The number of hydrogen-bond donors (Lipinski definition) is 0. The molecule has 0 atom stereocenters. The highest BCUT2D eigenvalue weighted by Gasteiger charge is 2.15. The molecule has 28 heavy (non-hydrogen) atoms. The second-order valence-electron chi connectivity index (χ2n) is 8.95. The second-order valence-corrected chi connectivity index (χ2v) is 8.95. The third-order valence-electron chi connectivity index (χ3n) is 5.56. The van der Waals surface area contributed by atoms with Crippen LogP contribution in [0.4, 0.5) is 0 Å². The van der Waals surface area contributed by atoms with Crippen LogP contribution in [0.3, 0.4) is 0 Å². The van der Waals surface area contributed by atoms with Crippen molar-refractivity contribution in [2.75, 3.05) is 33.8 Å². The Labute approximate surface area is 187 Å². The van der Waals surface area contributed by atoms with Crippen molar-refractivity contribution in [3.8, 4) is 0 Å². The molecule has 0 bridgehead atoms. The van der Waals surface area contributed by atoms with Gasteiger partial charge < -0.3 is 26.2 Å². The molecule has 3 nitrogen and oxygen atoms in total. The van der Waals surface area contributed by atoms with E-state index in [4.69, 9.17) is 4.74 Å². The summed E-state index contributed by atoms with van der Waals surface area (Å²) in [6.07, 6.45) is 20.2. The van der Waals surface area contributed by atoms with Crippen molar-refractivity contribution in [3.05, 3.63) is 0 Å². The van der Waals surface area contributed by atoms with Gasteiger partial charge in [-0.15, -0.1) is 0 Å². The number of hydrogen-bond acceptors (Lipinski definition) is 2. The van der Waals surface area contributed by atoms with Gasteiger partial charge >= 0.3 is 5.97 Å². The average Bonchev–Trinajstić information content (AvgIpc) is 2.63. The lowest BCUT2D eigenvalue weighted by Crippen LogP contribution is -3.00. The summed E-state index contributed by atoms with van der Waals surface area (Å²) in [5.74, 6) is -0.00230. The molecule has 170 valence electrons. The summed E-state index contributed by atoms with van der Waals surface area (Å²) < 4.78 is 6.41. The number of likely N-dealkylation sites (N-methyl/N-ethyl adjacent to an activating group) is 1. The maximum absolute atomic E-state index is 11.9. The number of ether oxygens (including phenoxy) is 1. The summed E-state index contributed by atoms with van der Waals surface area (Å²) >= 11 is 0. The molecule has 0 spiro atoms. The van der Waals surface area contributed by atoms with Crippen LogP contribution in [-0.4, -0.2) is 44.2 Å². The first kappa shape index (κ1) is 30.1. The lowest BCUT2D eigenvalue weighted by Gasteiger charge is -2.29. The Morgan fingerprint density at radius 3 is 1.57 bits per heavy atom. The van der Waals surface area contributed by atoms with Crippen LogP contribution >= 0.6 is 0 Å². The molecule has 0 radical (unpaired) electrons. The Kier molecular flexibility index (Phi) is 23.2. The zero-order chi connectivity index (χ0) is 20.2. The predicted molar refractivity (Wildman–Crippen MR) is 118 cm³/mol. The minimum atomic E-state index is -0.00230. The fourth-order valence-corrected chi connectivity index (χ4v) is 3.49. The minimum absolute atomic E-state index is 0.